The predicted molar refractivity (Wildman–Crippen MR) is 63.1 cm³/mol. The van der Waals surface area contributed by atoms with Gasteiger partial charge in [0.05, 0.1) is 17.7 Å². The van der Waals surface area contributed by atoms with Crippen molar-refractivity contribution < 1.29 is 9.90 Å². The van der Waals surface area contributed by atoms with Crippen molar-refractivity contribution in [2.75, 3.05) is 0 Å². The number of carbonyl (C=O) groups excluding carboxylic acids is 1. The molecule has 2 atom stereocenters. The minimum Gasteiger partial charge on any atom is -0.388 e. The monoisotopic (exact) mass is 229 g/mol. The first-order valence-electron chi connectivity index (χ1n) is 5.93. The highest BCUT2D eigenvalue weighted by molar-refractivity contribution is 5.82. The van der Waals surface area contributed by atoms with Crippen LogP contribution >= 0.6 is 0 Å². The number of Topliss-reactive ketones (excluding diaryl/α,β-unsaturated/α-hetero) is 1. The third-order valence-corrected chi connectivity index (χ3v) is 3.34. The number of hydrogen-bond donors (Lipinski definition) is 1. The Balaban J connectivity index is 2.21. The van der Waals surface area contributed by atoms with E-state index in [4.69, 9.17) is 5.26 Å². The van der Waals surface area contributed by atoms with Crippen molar-refractivity contribution in [1.82, 2.24) is 0 Å². The lowest BCUT2D eigenvalue weighted by Gasteiger charge is -2.25. The fourth-order valence-electron chi connectivity index (χ4n) is 2.37. The van der Waals surface area contributed by atoms with Crippen molar-refractivity contribution >= 4 is 5.78 Å². The third kappa shape index (κ3) is 2.54. The van der Waals surface area contributed by atoms with Crippen molar-refractivity contribution in [2.24, 2.45) is 5.92 Å². The van der Waals surface area contributed by atoms with Crippen LogP contribution < -0.4 is 0 Å². The minimum atomic E-state index is -0.768. The molecular formula is C14H15NO2. The Labute approximate surface area is 101 Å². The zero-order chi connectivity index (χ0) is 12.3. The number of benzene rings is 1. The SMILES string of the molecule is N#Cc1cccc([C@H](O)[C@@H]2CCCCC2=O)c1. The Morgan fingerprint density at radius 2 is 2.24 bits per heavy atom. The topological polar surface area (TPSA) is 61.1 Å². The van der Waals surface area contributed by atoms with Crippen molar-refractivity contribution in [3.8, 4) is 6.07 Å². The van der Waals surface area contributed by atoms with Gasteiger partial charge in [-0.15, -0.1) is 0 Å². The lowest BCUT2D eigenvalue weighted by molar-refractivity contribution is -0.128. The van der Waals surface area contributed by atoms with E-state index >= 15 is 0 Å². The number of carbonyl (C=O) groups is 1. The van der Waals surface area contributed by atoms with Crippen LogP contribution in [0.25, 0.3) is 0 Å². The van der Waals surface area contributed by atoms with Gasteiger partial charge in [-0.3, -0.25) is 4.79 Å². The van der Waals surface area contributed by atoms with Crippen LogP contribution in [0, 0.1) is 17.2 Å². The van der Waals surface area contributed by atoms with Crippen LogP contribution in [0.2, 0.25) is 0 Å². The van der Waals surface area contributed by atoms with Crippen LogP contribution in [-0.4, -0.2) is 10.9 Å². The quantitative estimate of drug-likeness (QED) is 0.846. The molecule has 0 unspecified atom stereocenters. The summed E-state index contributed by atoms with van der Waals surface area (Å²) in [5, 5.41) is 19.0. The zero-order valence-corrected chi connectivity index (χ0v) is 9.60. The molecule has 1 saturated carbocycles. The molecule has 0 heterocycles. The Hall–Kier alpha value is -1.66. The van der Waals surface area contributed by atoms with Gasteiger partial charge in [-0.2, -0.15) is 5.26 Å². The normalized spacial score (nSPS) is 21.9. The van der Waals surface area contributed by atoms with Gasteiger partial charge in [0.15, 0.2) is 0 Å². The number of ketones is 1. The van der Waals surface area contributed by atoms with Crippen LogP contribution in [0.15, 0.2) is 24.3 Å². The van der Waals surface area contributed by atoms with E-state index in [0.717, 1.165) is 19.3 Å². The summed E-state index contributed by atoms with van der Waals surface area (Å²) >= 11 is 0. The van der Waals surface area contributed by atoms with Crippen molar-refractivity contribution in [3.05, 3.63) is 35.4 Å². The van der Waals surface area contributed by atoms with Crippen LogP contribution in [0.1, 0.15) is 42.9 Å². The summed E-state index contributed by atoms with van der Waals surface area (Å²) in [6.07, 6.45) is 2.47. The molecule has 3 nitrogen and oxygen atoms in total. The molecule has 0 bridgehead atoms. The summed E-state index contributed by atoms with van der Waals surface area (Å²) in [4.78, 5) is 11.7. The fourth-order valence-corrected chi connectivity index (χ4v) is 2.37. The highest BCUT2D eigenvalue weighted by Crippen LogP contribution is 2.32. The van der Waals surface area contributed by atoms with Crippen molar-refractivity contribution in [1.29, 1.82) is 5.26 Å². The van der Waals surface area contributed by atoms with E-state index in [2.05, 4.69) is 0 Å². The molecule has 1 aliphatic rings. The average Bonchev–Trinajstić information content (AvgIpc) is 2.38. The highest BCUT2D eigenvalue weighted by Gasteiger charge is 2.29. The summed E-state index contributed by atoms with van der Waals surface area (Å²) < 4.78 is 0. The first-order chi connectivity index (χ1) is 8.22. The van der Waals surface area contributed by atoms with E-state index in [9.17, 15) is 9.90 Å². The van der Waals surface area contributed by atoms with E-state index in [1.54, 1.807) is 24.3 Å². The first-order valence-corrected chi connectivity index (χ1v) is 5.93. The van der Waals surface area contributed by atoms with Gasteiger partial charge in [-0.1, -0.05) is 18.6 Å². The Bertz CT molecular complexity index is 462. The highest BCUT2D eigenvalue weighted by atomic mass is 16.3. The van der Waals surface area contributed by atoms with E-state index in [0.29, 0.717) is 17.5 Å². The van der Waals surface area contributed by atoms with Gasteiger partial charge in [0.2, 0.25) is 0 Å². The van der Waals surface area contributed by atoms with Gasteiger partial charge in [-0.05, 0) is 30.5 Å². The van der Waals surface area contributed by atoms with E-state index < -0.39 is 6.10 Å². The maximum absolute atomic E-state index is 11.7. The second-order valence-corrected chi connectivity index (χ2v) is 4.50. The number of rotatable bonds is 2. The molecule has 1 aromatic carbocycles. The molecule has 17 heavy (non-hydrogen) atoms. The molecule has 0 amide bonds. The molecule has 0 aromatic heterocycles. The van der Waals surface area contributed by atoms with Gasteiger partial charge >= 0.3 is 0 Å². The Morgan fingerprint density at radius 1 is 1.41 bits per heavy atom. The number of nitrogens with zero attached hydrogens (tertiary/aromatic N) is 1. The predicted octanol–water partition coefficient (Wildman–Crippen LogP) is 2.35. The van der Waals surface area contributed by atoms with E-state index in [-0.39, 0.29) is 11.7 Å². The molecule has 0 spiro atoms. The molecule has 0 aliphatic heterocycles. The summed E-state index contributed by atoms with van der Waals surface area (Å²) in [6, 6.07) is 8.90. The zero-order valence-electron chi connectivity index (χ0n) is 9.60. The number of hydrogen-bond acceptors (Lipinski definition) is 3. The van der Waals surface area contributed by atoms with Gasteiger partial charge < -0.3 is 5.11 Å². The van der Waals surface area contributed by atoms with E-state index in [1.165, 1.54) is 0 Å². The molecular weight excluding hydrogens is 214 g/mol. The number of nitriles is 1. The molecule has 0 saturated heterocycles. The molecule has 0 radical (unpaired) electrons. The molecule has 2 rings (SSSR count). The fraction of sp³-hybridized carbons (Fsp3) is 0.429. The second kappa shape index (κ2) is 5.11. The molecule has 1 aromatic rings. The van der Waals surface area contributed by atoms with Crippen LogP contribution in [0.5, 0.6) is 0 Å². The summed E-state index contributed by atoms with van der Waals surface area (Å²) in [6.45, 7) is 0. The maximum Gasteiger partial charge on any atom is 0.138 e. The molecule has 3 heteroatoms. The smallest absolute Gasteiger partial charge is 0.138 e. The van der Waals surface area contributed by atoms with Crippen LogP contribution in [0.3, 0.4) is 0 Å². The van der Waals surface area contributed by atoms with Crippen LogP contribution in [0.4, 0.5) is 0 Å². The Morgan fingerprint density at radius 3 is 2.94 bits per heavy atom. The molecule has 88 valence electrons. The van der Waals surface area contributed by atoms with Gasteiger partial charge in [-0.25, -0.2) is 0 Å². The minimum absolute atomic E-state index is 0.145. The van der Waals surface area contributed by atoms with Gasteiger partial charge in [0.25, 0.3) is 0 Å². The average molecular weight is 229 g/mol. The molecule has 1 fully saturated rings. The summed E-state index contributed by atoms with van der Waals surface area (Å²) in [7, 11) is 0. The van der Waals surface area contributed by atoms with Gasteiger partial charge in [0.1, 0.15) is 5.78 Å². The second-order valence-electron chi connectivity index (χ2n) is 4.50. The Kier molecular flexibility index (Phi) is 3.55. The van der Waals surface area contributed by atoms with E-state index in [1.807, 2.05) is 6.07 Å². The third-order valence-electron chi connectivity index (χ3n) is 3.34. The molecule has 1 N–H and O–H groups in total. The lowest BCUT2D eigenvalue weighted by atomic mass is 9.81. The lowest BCUT2D eigenvalue weighted by Crippen LogP contribution is -2.25. The maximum atomic E-state index is 11.7. The summed E-state index contributed by atoms with van der Waals surface area (Å²) in [5.41, 5.74) is 1.19. The standard InChI is InChI=1S/C14H15NO2/c15-9-10-4-3-5-11(8-10)14(17)12-6-1-2-7-13(12)16/h3-5,8,12,14,17H,1-2,6-7H2/t12-,14+/m1/s1. The largest absolute Gasteiger partial charge is 0.388 e. The van der Waals surface area contributed by atoms with Crippen molar-refractivity contribution in [2.45, 2.75) is 31.8 Å². The molecule has 1 aliphatic carbocycles. The van der Waals surface area contributed by atoms with Crippen molar-refractivity contribution in [3.63, 3.8) is 0 Å². The first kappa shape index (κ1) is 11.8. The van der Waals surface area contributed by atoms with Crippen LogP contribution in [-0.2, 0) is 4.79 Å². The number of aliphatic hydroxyl groups is 1. The number of aliphatic hydroxyl groups excluding tert-OH is 1. The van der Waals surface area contributed by atoms with Gasteiger partial charge in [0, 0.05) is 12.3 Å². The summed E-state index contributed by atoms with van der Waals surface area (Å²) in [5.74, 6) is -0.149.